The van der Waals surface area contributed by atoms with Crippen molar-refractivity contribution in [2.24, 2.45) is 0 Å². The van der Waals surface area contributed by atoms with Crippen LogP contribution in [0.1, 0.15) is 44.6 Å². The summed E-state index contributed by atoms with van der Waals surface area (Å²) in [7, 11) is 0. The van der Waals surface area contributed by atoms with Gasteiger partial charge in [0.15, 0.2) is 0 Å². The Morgan fingerprint density at radius 3 is 3.00 bits per heavy atom. The molecule has 0 bridgehead atoms. The lowest BCUT2D eigenvalue weighted by Crippen LogP contribution is -2.22. The van der Waals surface area contributed by atoms with Gasteiger partial charge in [-0.05, 0) is 59.3 Å². The Hall–Kier alpha value is -0.210. The van der Waals surface area contributed by atoms with E-state index in [1.165, 1.54) is 31.2 Å². The molecule has 0 saturated heterocycles. The topological polar surface area (TPSA) is 9.23 Å². The van der Waals surface area contributed by atoms with Crippen LogP contribution in [0.5, 0.6) is 5.75 Å². The number of aryl methyl sites for hydroxylation is 1. The second kappa shape index (κ2) is 6.10. The van der Waals surface area contributed by atoms with E-state index >= 15 is 0 Å². The Balaban J connectivity index is 2.03. The Morgan fingerprint density at radius 1 is 1.41 bits per heavy atom. The molecule has 17 heavy (non-hydrogen) atoms. The summed E-state index contributed by atoms with van der Waals surface area (Å²) in [5, 5.41) is 0.781. The average molecular weight is 318 g/mol. The van der Waals surface area contributed by atoms with Crippen molar-refractivity contribution in [2.45, 2.75) is 51.6 Å². The monoisotopic (exact) mass is 316 g/mol. The zero-order valence-electron chi connectivity index (χ0n) is 10.1. The minimum absolute atomic E-state index is 0.381. The normalized spacial score (nSPS) is 18.6. The highest BCUT2D eigenvalue weighted by Crippen LogP contribution is 2.38. The van der Waals surface area contributed by atoms with Crippen molar-refractivity contribution >= 4 is 27.5 Å². The minimum atomic E-state index is 0.381. The lowest BCUT2D eigenvalue weighted by Gasteiger charge is -2.27. The molecule has 0 saturated carbocycles. The summed E-state index contributed by atoms with van der Waals surface area (Å²) in [5.41, 5.74) is 1.23. The lowest BCUT2D eigenvalue weighted by molar-refractivity contribution is 0.159. The first-order chi connectivity index (χ1) is 8.20. The molecule has 0 radical (unpaired) electrons. The minimum Gasteiger partial charge on any atom is -0.489 e. The predicted octanol–water partition coefficient (Wildman–Crippen LogP) is 5.38. The number of halogens is 2. The van der Waals surface area contributed by atoms with Crippen molar-refractivity contribution in [2.75, 3.05) is 0 Å². The van der Waals surface area contributed by atoms with Crippen LogP contribution in [-0.4, -0.2) is 6.10 Å². The summed E-state index contributed by atoms with van der Waals surface area (Å²) in [6, 6.07) is 3.93. The van der Waals surface area contributed by atoms with Gasteiger partial charge in [0.05, 0.1) is 10.6 Å². The molecule has 0 spiro atoms. The standard InChI is InChI=1S/C14H18BrClO/c1-2-3-4-5-12-7-6-10-8-11(16)9-13(15)14(10)17-12/h8-9,12H,2-7H2,1H3. The van der Waals surface area contributed by atoms with E-state index in [1.54, 1.807) is 0 Å². The van der Waals surface area contributed by atoms with Crippen molar-refractivity contribution in [3.63, 3.8) is 0 Å². The molecule has 0 amide bonds. The third kappa shape index (κ3) is 3.38. The van der Waals surface area contributed by atoms with Gasteiger partial charge in [0.1, 0.15) is 5.75 Å². The van der Waals surface area contributed by atoms with Crippen LogP contribution in [0.3, 0.4) is 0 Å². The molecule has 1 aromatic carbocycles. The molecule has 1 unspecified atom stereocenters. The number of hydrogen-bond acceptors (Lipinski definition) is 1. The van der Waals surface area contributed by atoms with E-state index in [4.69, 9.17) is 16.3 Å². The van der Waals surface area contributed by atoms with Crippen molar-refractivity contribution in [1.82, 2.24) is 0 Å². The van der Waals surface area contributed by atoms with Crippen LogP contribution in [0.25, 0.3) is 0 Å². The molecule has 1 aliphatic rings. The van der Waals surface area contributed by atoms with E-state index in [0.717, 1.165) is 28.1 Å². The maximum absolute atomic E-state index is 6.06. The fourth-order valence-corrected chi connectivity index (χ4v) is 3.27. The van der Waals surface area contributed by atoms with Crippen molar-refractivity contribution in [3.05, 3.63) is 27.2 Å². The lowest BCUT2D eigenvalue weighted by atomic mass is 9.99. The Bertz CT molecular complexity index is 392. The zero-order chi connectivity index (χ0) is 12.3. The first-order valence-corrected chi connectivity index (χ1v) is 7.52. The molecule has 1 aliphatic heterocycles. The highest BCUT2D eigenvalue weighted by atomic mass is 79.9. The van der Waals surface area contributed by atoms with E-state index in [-0.39, 0.29) is 0 Å². The Morgan fingerprint density at radius 2 is 2.24 bits per heavy atom. The number of fused-ring (bicyclic) bond motifs is 1. The summed E-state index contributed by atoms with van der Waals surface area (Å²) >= 11 is 9.57. The molecule has 0 aromatic heterocycles. The molecule has 0 N–H and O–H groups in total. The van der Waals surface area contributed by atoms with Crippen LogP contribution in [-0.2, 0) is 6.42 Å². The van der Waals surface area contributed by atoms with Crippen LogP contribution in [0.4, 0.5) is 0 Å². The third-order valence-corrected chi connectivity index (χ3v) is 4.04. The quantitative estimate of drug-likeness (QED) is 0.678. The number of unbranched alkanes of at least 4 members (excludes halogenated alkanes) is 2. The van der Waals surface area contributed by atoms with Gasteiger partial charge in [-0.25, -0.2) is 0 Å². The summed E-state index contributed by atoms with van der Waals surface area (Å²) in [5.74, 6) is 1.00. The molecule has 1 atom stereocenters. The van der Waals surface area contributed by atoms with Crippen LogP contribution in [0.15, 0.2) is 16.6 Å². The SMILES string of the molecule is CCCCCC1CCc2cc(Cl)cc(Br)c2O1. The molecule has 0 aliphatic carbocycles. The van der Waals surface area contributed by atoms with Crippen molar-refractivity contribution in [1.29, 1.82) is 0 Å². The van der Waals surface area contributed by atoms with Crippen molar-refractivity contribution in [3.8, 4) is 5.75 Å². The van der Waals surface area contributed by atoms with Gasteiger partial charge in [-0.2, -0.15) is 0 Å². The van der Waals surface area contributed by atoms with Crippen LogP contribution in [0, 0.1) is 0 Å². The first-order valence-electron chi connectivity index (χ1n) is 6.35. The number of benzene rings is 1. The van der Waals surface area contributed by atoms with Gasteiger partial charge in [-0.3, -0.25) is 0 Å². The smallest absolute Gasteiger partial charge is 0.137 e. The number of hydrogen-bond donors (Lipinski definition) is 0. The fraction of sp³-hybridized carbons (Fsp3) is 0.571. The summed E-state index contributed by atoms with van der Waals surface area (Å²) in [4.78, 5) is 0. The van der Waals surface area contributed by atoms with Gasteiger partial charge < -0.3 is 4.74 Å². The molecule has 1 nitrogen and oxygen atoms in total. The number of ether oxygens (including phenoxy) is 1. The molecule has 94 valence electrons. The van der Waals surface area contributed by atoms with E-state index in [2.05, 4.69) is 22.9 Å². The Kier molecular flexibility index (Phi) is 4.75. The molecule has 2 rings (SSSR count). The van der Waals surface area contributed by atoms with Gasteiger partial charge >= 0.3 is 0 Å². The maximum Gasteiger partial charge on any atom is 0.137 e. The van der Waals surface area contributed by atoms with Gasteiger partial charge in [0.2, 0.25) is 0 Å². The highest BCUT2D eigenvalue weighted by Gasteiger charge is 2.21. The van der Waals surface area contributed by atoms with Gasteiger partial charge in [-0.1, -0.05) is 31.4 Å². The van der Waals surface area contributed by atoms with Crippen molar-refractivity contribution < 1.29 is 4.74 Å². The molecule has 1 aromatic rings. The fourth-order valence-electron chi connectivity index (χ4n) is 2.30. The average Bonchev–Trinajstić information content (AvgIpc) is 2.30. The van der Waals surface area contributed by atoms with E-state index in [9.17, 15) is 0 Å². The van der Waals surface area contributed by atoms with Gasteiger partial charge in [0.25, 0.3) is 0 Å². The third-order valence-electron chi connectivity index (χ3n) is 3.24. The van der Waals surface area contributed by atoms with Gasteiger partial charge in [0, 0.05) is 5.02 Å². The highest BCUT2D eigenvalue weighted by molar-refractivity contribution is 9.10. The summed E-state index contributed by atoms with van der Waals surface area (Å²) in [6.45, 7) is 2.23. The van der Waals surface area contributed by atoms with E-state index in [0.29, 0.717) is 6.10 Å². The number of rotatable bonds is 4. The van der Waals surface area contributed by atoms with E-state index < -0.39 is 0 Å². The molecular weight excluding hydrogens is 300 g/mol. The molecule has 1 heterocycles. The molecule has 0 fully saturated rings. The van der Waals surface area contributed by atoms with Crippen LogP contribution >= 0.6 is 27.5 Å². The first kappa shape index (κ1) is 13.2. The summed E-state index contributed by atoms with van der Waals surface area (Å²) in [6.07, 6.45) is 7.57. The van der Waals surface area contributed by atoms with Crippen LogP contribution in [0.2, 0.25) is 5.02 Å². The predicted molar refractivity (Wildman–Crippen MR) is 76.0 cm³/mol. The zero-order valence-corrected chi connectivity index (χ0v) is 12.5. The largest absolute Gasteiger partial charge is 0.489 e. The van der Waals surface area contributed by atoms with Crippen LogP contribution < -0.4 is 4.74 Å². The second-order valence-electron chi connectivity index (χ2n) is 4.65. The van der Waals surface area contributed by atoms with E-state index in [1.807, 2.05) is 12.1 Å². The molecular formula is C14H18BrClO. The van der Waals surface area contributed by atoms with Gasteiger partial charge in [-0.15, -0.1) is 0 Å². The Labute approximate surface area is 117 Å². The second-order valence-corrected chi connectivity index (χ2v) is 5.94. The molecule has 3 heteroatoms. The summed E-state index contributed by atoms with van der Waals surface area (Å²) < 4.78 is 7.05. The maximum atomic E-state index is 6.06.